The van der Waals surface area contributed by atoms with Crippen LogP contribution in [0.25, 0.3) is 10.9 Å². The van der Waals surface area contributed by atoms with Gasteiger partial charge in [0.1, 0.15) is 0 Å². The van der Waals surface area contributed by atoms with E-state index >= 15 is 0 Å². The largest absolute Gasteiger partial charge is 0.493 e. The van der Waals surface area contributed by atoms with Gasteiger partial charge in [0.15, 0.2) is 11.5 Å². The summed E-state index contributed by atoms with van der Waals surface area (Å²) in [5, 5.41) is 1.12. The Kier molecular flexibility index (Phi) is 5.20. The number of fused-ring (bicyclic) bond motifs is 1. The number of benzene rings is 2. The summed E-state index contributed by atoms with van der Waals surface area (Å²) in [6.45, 7) is 2.30. The van der Waals surface area contributed by atoms with Crippen LogP contribution in [0.2, 0.25) is 0 Å². The lowest BCUT2D eigenvalue weighted by atomic mass is 10.1. The van der Waals surface area contributed by atoms with E-state index in [2.05, 4.69) is 9.71 Å². The Balaban J connectivity index is 1.75. The van der Waals surface area contributed by atoms with E-state index in [0.717, 1.165) is 22.2 Å². The topological polar surface area (TPSA) is 80.4 Å². The lowest BCUT2D eigenvalue weighted by Gasteiger charge is -2.11. The third-order valence-electron chi connectivity index (χ3n) is 4.36. The van der Waals surface area contributed by atoms with Crippen LogP contribution in [-0.4, -0.2) is 34.2 Å². The van der Waals surface area contributed by atoms with Crippen LogP contribution >= 0.6 is 0 Å². The number of aromatic nitrogens is 1. The second-order valence-electron chi connectivity index (χ2n) is 5.94. The number of ether oxygens (including phenoxy) is 2. The van der Waals surface area contributed by atoms with Crippen molar-refractivity contribution >= 4 is 20.9 Å². The highest BCUT2D eigenvalue weighted by Crippen LogP contribution is 2.29. The molecular formula is C19H22N2O4S. The zero-order chi connectivity index (χ0) is 18.7. The first-order valence-corrected chi connectivity index (χ1v) is 9.72. The summed E-state index contributed by atoms with van der Waals surface area (Å²) < 4.78 is 38.1. The molecule has 0 fully saturated rings. The molecule has 138 valence electrons. The third kappa shape index (κ3) is 3.54. The Morgan fingerprint density at radius 3 is 2.50 bits per heavy atom. The molecule has 0 bridgehead atoms. The van der Waals surface area contributed by atoms with Gasteiger partial charge in [-0.2, -0.15) is 0 Å². The van der Waals surface area contributed by atoms with Crippen LogP contribution in [0, 0.1) is 6.92 Å². The molecule has 3 aromatic rings. The SMILES string of the molecule is COc1ccc(S(=O)(=O)NCCc2c(C)[nH]c3ccccc23)cc1OC. The van der Waals surface area contributed by atoms with Gasteiger partial charge in [-0.25, -0.2) is 13.1 Å². The van der Waals surface area contributed by atoms with E-state index in [1.54, 1.807) is 6.07 Å². The molecule has 2 aromatic carbocycles. The van der Waals surface area contributed by atoms with Gasteiger partial charge in [0.05, 0.1) is 19.1 Å². The number of rotatable bonds is 7. The van der Waals surface area contributed by atoms with E-state index < -0.39 is 10.0 Å². The van der Waals surface area contributed by atoms with Crippen molar-refractivity contribution in [3.8, 4) is 11.5 Å². The van der Waals surface area contributed by atoms with Gasteiger partial charge >= 0.3 is 0 Å². The number of methoxy groups -OCH3 is 2. The molecule has 0 unspecified atom stereocenters. The van der Waals surface area contributed by atoms with E-state index in [1.165, 1.54) is 26.4 Å². The molecule has 6 nitrogen and oxygen atoms in total. The van der Waals surface area contributed by atoms with Gasteiger partial charge in [-0.1, -0.05) is 18.2 Å². The maximum absolute atomic E-state index is 12.6. The summed E-state index contributed by atoms with van der Waals surface area (Å²) in [7, 11) is -0.652. The van der Waals surface area contributed by atoms with Crippen LogP contribution in [0.15, 0.2) is 47.4 Å². The van der Waals surface area contributed by atoms with Gasteiger partial charge in [0.2, 0.25) is 10.0 Å². The molecule has 0 aliphatic carbocycles. The Morgan fingerprint density at radius 1 is 1.04 bits per heavy atom. The maximum Gasteiger partial charge on any atom is 0.240 e. The summed E-state index contributed by atoms with van der Waals surface area (Å²) in [5.74, 6) is 0.865. The van der Waals surface area contributed by atoms with Crippen LogP contribution in [0.3, 0.4) is 0 Å². The fourth-order valence-corrected chi connectivity index (χ4v) is 4.08. The van der Waals surface area contributed by atoms with Crippen molar-refractivity contribution in [2.75, 3.05) is 20.8 Å². The van der Waals surface area contributed by atoms with Gasteiger partial charge < -0.3 is 14.5 Å². The molecule has 0 saturated carbocycles. The smallest absolute Gasteiger partial charge is 0.240 e. The molecule has 26 heavy (non-hydrogen) atoms. The first-order chi connectivity index (χ1) is 12.5. The fraction of sp³-hybridized carbons (Fsp3) is 0.263. The molecule has 0 aliphatic rings. The van der Waals surface area contributed by atoms with Crippen molar-refractivity contribution < 1.29 is 17.9 Å². The van der Waals surface area contributed by atoms with Crippen LogP contribution in [0.5, 0.6) is 11.5 Å². The minimum atomic E-state index is -3.63. The molecule has 2 N–H and O–H groups in total. The van der Waals surface area contributed by atoms with E-state index in [0.29, 0.717) is 24.5 Å². The predicted octanol–water partition coefficient (Wildman–Crippen LogP) is 3.01. The molecule has 0 amide bonds. The molecule has 0 atom stereocenters. The molecular weight excluding hydrogens is 352 g/mol. The summed E-state index contributed by atoms with van der Waals surface area (Å²) >= 11 is 0. The number of aryl methyl sites for hydroxylation is 1. The minimum absolute atomic E-state index is 0.144. The van der Waals surface area contributed by atoms with Crippen molar-refractivity contribution in [2.45, 2.75) is 18.2 Å². The van der Waals surface area contributed by atoms with E-state index in [4.69, 9.17) is 9.47 Å². The number of aromatic amines is 1. The average Bonchev–Trinajstić information content (AvgIpc) is 2.96. The minimum Gasteiger partial charge on any atom is -0.493 e. The highest BCUT2D eigenvalue weighted by Gasteiger charge is 2.17. The Labute approximate surface area is 153 Å². The van der Waals surface area contributed by atoms with Gasteiger partial charge in [-0.05, 0) is 37.1 Å². The van der Waals surface area contributed by atoms with Crippen LogP contribution in [0.4, 0.5) is 0 Å². The van der Waals surface area contributed by atoms with E-state index in [9.17, 15) is 8.42 Å². The third-order valence-corrected chi connectivity index (χ3v) is 5.82. The quantitative estimate of drug-likeness (QED) is 0.666. The molecule has 0 saturated heterocycles. The monoisotopic (exact) mass is 374 g/mol. The molecule has 3 rings (SSSR count). The molecule has 0 radical (unpaired) electrons. The zero-order valence-corrected chi connectivity index (χ0v) is 15.8. The van der Waals surface area contributed by atoms with Gasteiger partial charge in [0, 0.05) is 29.2 Å². The number of hydrogen-bond donors (Lipinski definition) is 2. The van der Waals surface area contributed by atoms with Gasteiger partial charge in [-0.3, -0.25) is 0 Å². The highest BCUT2D eigenvalue weighted by atomic mass is 32.2. The number of para-hydroxylation sites is 1. The number of H-pyrrole nitrogens is 1. The van der Waals surface area contributed by atoms with Gasteiger partial charge in [-0.15, -0.1) is 0 Å². The first-order valence-electron chi connectivity index (χ1n) is 8.24. The van der Waals surface area contributed by atoms with Crippen LogP contribution in [0.1, 0.15) is 11.3 Å². The Hall–Kier alpha value is -2.51. The lowest BCUT2D eigenvalue weighted by molar-refractivity contribution is 0.354. The standard InChI is InChI=1S/C19H22N2O4S/c1-13-15(16-6-4-5-7-17(16)21-13)10-11-20-26(22,23)14-8-9-18(24-2)19(12-14)25-3/h4-9,12,20-21H,10-11H2,1-3H3. The van der Waals surface area contributed by atoms with Crippen molar-refractivity contribution in [1.29, 1.82) is 0 Å². The second-order valence-corrected chi connectivity index (χ2v) is 7.71. The molecule has 0 spiro atoms. The summed E-state index contributed by atoms with van der Waals surface area (Å²) in [6, 6.07) is 12.5. The maximum atomic E-state index is 12.6. The molecule has 1 aromatic heterocycles. The van der Waals surface area contributed by atoms with Gasteiger partial charge in [0.25, 0.3) is 0 Å². The summed E-state index contributed by atoms with van der Waals surface area (Å²) in [5.41, 5.74) is 3.23. The molecule has 1 heterocycles. The summed E-state index contributed by atoms with van der Waals surface area (Å²) in [4.78, 5) is 3.47. The fourth-order valence-electron chi connectivity index (χ4n) is 3.03. The van der Waals surface area contributed by atoms with Crippen molar-refractivity contribution in [2.24, 2.45) is 0 Å². The van der Waals surface area contributed by atoms with E-state index in [1.807, 2.05) is 31.2 Å². The van der Waals surface area contributed by atoms with Crippen molar-refractivity contribution in [3.05, 3.63) is 53.7 Å². The normalized spacial score (nSPS) is 11.7. The van der Waals surface area contributed by atoms with Crippen molar-refractivity contribution in [1.82, 2.24) is 9.71 Å². The van der Waals surface area contributed by atoms with Crippen molar-refractivity contribution in [3.63, 3.8) is 0 Å². The Morgan fingerprint density at radius 2 is 1.77 bits per heavy atom. The second kappa shape index (κ2) is 7.39. The predicted molar refractivity (Wildman–Crippen MR) is 101 cm³/mol. The van der Waals surface area contributed by atoms with Crippen LogP contribution in [-0.2, 0) is 16.4 Å². The Bertz CT molecular complexity index is 1030. The average molecular weight is 374 g/mol. The van der Waals surface area contributed by atoms with Crippen LogP contribution < -0.4 is 14.2 Å². The number of nitrogens with one attached hydrogen (secondary N) is 2. The first kappa shape index (κ1) is 18.3. The van der Waals surface area contributed by atoms with E-state index in [-0.39, 0.29) is 4.90 Å². The molecule has 7 heteroatoms. The number of hydrogen-bond acceptors (Lipinski definition) is 4. The lowest BCUT2D eigenvalue weighted by Crippen LogP contribution is -2.26. The summed E-state index contributed by atoms with van der Waals surface area (Å²) in [6.07, 6.45) is 0.600. The zero-order valence-electron chi connectivity index (χ0n) is 15.0. The molecule has 0 aliphatic heterocycles. The number of sulfonamides is 1. The highest BCUT2D eigenvalue weighted by molar-refractivity contribution is 7.89.